The SMILES string of the molecule is CON1C(=O)N(c2cc(CC(F)(F)F)ccn2)C(O)C1C. The highest BCUT2D eigenvalue weighted by Gasteiger charge is 2.44. The number of hydroxylamine groups is 2. The Morgan fingerprint density at radius 2 is 2.14 bits per heavy atom. The van der Waals surface area contributed by atoms with E-state index in [1.165, 1.54) is 13.2 Å². The second kappa shape index (κ2) is 5.49. The molecular formula is C12H14F3N3O3. The van der Waals surface area contributed by atoms with Crippen LogP contribution in [0, 0.1) is 0 Å². The number of alkyl halides is 3. The lowest BCUT2D eigenvalue weighted by Gasteiger charge is -2.19. The van der Waals surface area contributed by atoms with E-state index in [4.69, 9.17) is 4.84 Å². The van der Waals surface area contributed by atoms with Gasteiger partial charge in [-0.25, -0.2) is 14.7 Å². The molecule has 0 bridgehead atoms. The molecule has 0 aliphatic carbocycles. The first-order chi connectivity index (χ1) is 9.74. The summed E-state index contributed by atoms with van der Waals surface area (Å²) in [5.74, 6) is -0.0550. The van der Waals surface area contributed by atoms with Gasteiger partial charge < -0.3 is 5.11 Å². The van der Waals surface area contributed by atoms with Crippen molar-refractivity contribution in [2.75, 3.05) is 12.0 Å². The molecule has 1 aromatic heterocycles. The quantitative estimate of drug-likeness (QED) is 0.923. The highest BCUT2D eigenvalue weighted by molar-refractivity contribution is 5.93. The van der Waals surface area contributed by atoms with Gasteiger partial charge in [0.15, 0.2) is 6.23 Å². The molecule has 21 heavy (non-hydrogen) atoms. The number of hydrogen-bond acceptors (Lipinski definition) is 4. The van der Waals surface area contributed by atoms with Crippen LogP contribution >= 0.6 is 0 Å². The van der Waals surface area contributed by atoms with Crippen molar-refractivity contribution in [1.82, 2.24) is 10.0 Å². The predicted molar refractivity (Wildman–Crippen MR) is 66.2 cm³/mol. The number of nitrogens with zero attached hydrogens (tertiary/aromatic N) is 3. The van der Waals surface area contributed by atoms with E-state index in [2.05, 4.69) is 4.98 Å². The molecule has 116 valence electrons. The van der Waals surface area contributed by atoms with Crippen molar-refractivity contribution in [3.05, 3.63) is 23.9 Å². The number of aromatic nitrogens is 1. The summed E-state index contributed by atoms with van der Waals surface area (Å²) in [7, 11) is 1.26. The molecule has 1 saturated heterocycles. The lowest BCUT2D eigenvalue weighted by Crippen LogP contribution is -2.36. The van der Waals surface area contributed by atoms with Gasteiger partial charge >= 0.3 is 12.2 Å². The van der Waals surface area contributed by atoms with E-state index in [1.54, 1.807) is 6.92 Å². The zero-order valence-electron chi connectivity index (χ0n) is 11.3. The molecule has 2 heterocycles. The monoisotopic (exact) mass is 305 g/mol. The van der Waals surface area contributed by atoms with Gasteiger partial charge in [0.1, 0.15) is 11.9 Å². The molecule has 2 atom stereocenters. The molecule has 1 fully saturated rings. The van der Waals surface area contributed by atoms with E-state index in [9.17, 15) is 23.1 Å². The average Bonchev–Trinajstić information content (AvgIpc) is 2.58. The maximum absolute atomic E-state index is 12.4. The fourth-order valence-corrected chi connectivity index (χ4v) is 2.14. The third kappa shape index (κ3) is 3.08. The highest BCUT2D eigenvalue weighted by atomic mass is 19.4. The van der Waals surface area contributed by atoms with E-state index < -0.39 is 30.9 Å². The molecular weight excluding hydrogens is 291 g/mol. The van der Waals surface area contributed by atoms with Gasteiger partial charge in [-0.15, -0.1) is 0 Å². The van der Waals surface area contributed by atoms with E-state index in [-0.39, 0.29) is 11.4 Å². The summed E-state index contributed by atoms with van der Waals surface area (Å²) in [4.78, 5) is 21.6. The maximum Gasteiger partial charge on any atom is 0.393 e. The Labute approximate surface area is 118 Å². The first kappa shape index (κ1) is 15.5. The van der Waals surface area contributed by atoms with Crippen molar-refractivity contribution in [2.24, 2.45) is 0 Å². The fraction of sp³-hybridized carbons (Fsp3) is 0.500. The number of carbonyl (C=O) groups excluding carboxylic acids is 1. The van der Waals surface area contributed by atoms with Crippen LogP contribution in [0.3, 0.4) is 0 Å². The standard InChI is InChI=1S/C12H14F3N3O3/c1-7-10(19)17(11(20)18(7)21-2)9-5-8(3-4-16-9)6-12(13,14)15/h3-5,7,10,19H,6H2,1-2H3. The van der Waals surface area contributed by atoms with Crippen LogP contribution in [0.2, 0.25) is 0 Å². The fourth-order valence-electron chi connectivity index (χ4n) is 2.14. The Balaban J connectivity index is 2.30. The van der Waals surface area contributed by atoms with Gasteiger partial charge in [0.2, 0.25) is 0 Å². The second-order valence-electron chi connectivity index (χ2n) is 4.63. The summed E-state index contributed by atoms with van der Waals surface area (Å²) in [5.41, 5.74) is -0.0454. The van der Waals surface area contributed by atoms with Crippen LogP contribution in [0.4, 0.5) is 23.8 Å². The number of carbonyl (C=O) groups is 1. The summed E-state index contributed by atoms with van der Waals surface area (Å²) in [5, 5.41) is 11.0. The van der Waals surface area contributed by atoms with Gasteiger partial charge in [0.25, 0.3) is 0 Å². The number of hydrogen-bond donors (Lipinski definition) is 1. The smallest absolute Gasteiger partial charge is 0.371 e. The van der Waals surface area contributed by atoms with E-state index >= 15 is 0 Å². The summed E-state index contributed by atoms with van der Waals surface area (Å²) in [6.07, 6.45) is -5.59. The van der Waals surface area contributed by atoms with Crippen molar-refractivity contribution < 1.29 is 27.9 Å². The molecule has 1 aliphatic rings. The molecule has 9 heteroatoms. The van der Waals surface area contributed by atoms with E-state index in [0.717, 1.165) is 22.2 Å². The number of aliphatic hydroxyl groups excluding tert-OH is 1. The number of pyridine rings is 1. The van der Waals surface area contributed by atoms with Gasteiger partial charge in [-0.3, -0.25) is 4.84 Å². The van der Waals surface area contributed by atoms with Crippen molar-refractivity contribution >= 4 is 11.8 Å². The van der Waals surface area contributed by atoms with Crippen LogP contribution in [0.25, 0.3) is 0 Å². The molecule has 0 radical (unpaired) electrons. The van der Waals surface area contributed by atoms with E-state index in [1.807, 2.05) is 0 Å². The first-order valence-corrected chi connectivity index (χ1v) is 6.11. The molecule has 1 aromatic rings. The molecule has 2 rings (SSSR count). The Bertz CT molecular complexity index is 538. The normalized spacial score (nSPS) is 23.0. The van der Waals surface area contributed by atoms with Crippen molar-refractivity contribution in [3.63, 3.8) is 0 Å². The predicted octanol–water partition coefficient (Wildman–Crippen LogP) is 1.70. The molecule has 1 aliphatic heterocycles. The molecule has 1 N–H and O–H groups in total. The number of urea groups is 1. The Kier molecular flexibility index (Phi) is 4.06. The van der Waals surface area contributed by atoms with E-state index in [0.29, 0.717) is 0 Å². The number of anilines is 1. The van der Waals surface area contributed by atoms with Crippen LogP contribution in [0.5, 0.6) is 0 Å². The molecule has 6 nitrogen and oxygen atoms in total. The minimum absolute atomic E-state index is 0.0454. The topological polar surface area (TPSA) is 65.9 Å². The van der Waals surface area contributed by atoms with Crippen LogP contribution in [-0.2, 0) is 11.3 Å². The molecule has 0 aromatic carbocycles. The Morgan fingerprint density at radius 1 is 1.48 bits per heavy atom. The van der Waals surface area contributed by atoms with Gasteiger partial charge in [-0.05, 0) is 24.6 Å². The molecule has 0 saturated carbocycles. The maximum atomic E-state index is 12.4. The largest absolute Gasteiger partial charge is 0.393 e. The lowest BCUT2D eigenvalue weighted by molar-refractivity contribution is -0.127. The van der Waals surface area contributed by atoms with Gasteiger partial charge in [-0.2, -0.15) is 18.2 Å². The van der Waals surface area contributed by atoms with Crippen LogP contribution < -0.4 is 4.90 Å². The lowest BCUT2D eigenvalue weighted by atomic mass is 10.2. The third-order valence-corrected chi connectivity index (χ3v) is 3.12. The summed E-state index contributed by atoms with van der Waals surface area (Å²) >= 11 is 0. The van der Waals surface area contributed by atoms with Gasteiger partial charge in [-0.1, -0.05) is 0 Å². The Morgan fingerprint density at radius 3 is 2.67 bits per heavy atom. The molecule has 2 unspecified atom stereocenters. The van der Waals surface area contributed by atoms with Crippen molar-refractivity contribution in [2.45, 2.75) is 31.8 Å². The van der Waals surface area contributed by atoms with Crippen molar-refractivity contribution in [3.8, 4) is 0 Å². The molecule has 0 spiro atoms. The first-order valence-electron chi connectivity index (χ1n) is 6.11. The number of rotatable bonds is 3. The summed E-state index contributed by atoms with van der Waals surface area (Å²) < 4.78 is 37.2. The number of halogens is 3. The second-order valence-corrected chi connectivity index (χ2v) is 4.63. The molecule has 2 amide bonds. The van der Waals surface area contributed by atoms with Crippen LogP contribution in [0.1, 0.15) is 12.5 Å². The highest BCUT2D eigenvalue weighted by Crippen LogP contribution is 2.28. The van der Waals surface area contributed by atoms with Crippen LogP contribution in [-0.4, -0.2) is 46.7 Å². The summed E-state index contributed by atoms with van der Waals surface area (Å²) in [6, 6.07) is 0.979. The minimum Gasteiger partial charge on any atom is -0.371 e. The summed E-state index contributed by atoms with van der Waals surface area (Å²) in [6.45, 7) is 1.55. The number of aliphatic hydroxyl groups is 1. The average molecular weight is 305 g/mol. The zero-order valence-corrected chi connectivity index (χ0v) is 11.3. The minimum atomic E-state index is -4.36. The Hall–Kier alpha value is -1.87. The van der Waals surface area contributed by atoms with Crippen molar-refractivity contribution in [1.29, 1.82) is 0 Å². The third-order valence-electron chi connectivity index (χ3n) is 3.12. The zero-order chi connectivity index (χ0) is 15.8. The van der Waals surface area contributed by atoms with Gasteiger partial charge in [0, 0.05) is 6.20 Å². The van der Waals surface area contributed by atoms with Crippen LogP contribution in [0.15, 0.2) is 18.3 Å². The van der Waals surface area contributed by atoms with Gasteiger partial charge in [0.05, 0.1) is 13.5 Å². The number of amides is 2.